The molecule has 4 aromatic heterocycles. The monoisotopic (exact) mass is 1060 g/mol. The lowest BCUT2D eigenvalue weighted by molar-refractivity contribution is 1.35. The molecule has 0 atom stereocenters. The van der Waals surface area contributed by atoms with E-state index in [4.69, 9.17) is 0 Å². The lowest BCUT2D eigenvalue weighted by atomic mass is 9.43. The van der Waals surface area contributed by atoms with Crippen LogP contribution in [0.25, 0.3) is 147 Å². The van der Waals surface area contributed by atoms with Crippen molar-refractivity contribution in [1.29, 1.82) is 0 Å². The summed E-state index contributed by atoms with van der Waals surface area (Å²) in [4.78, 5) is 2.67. The number of nitrogens with zero attached hydrogens (tertiary/aromatic N) is 1. The fourth-order valence-corrected chi connectivity index (χ4v) is 17.5. The van der Waals surface area contributed by atoms with E-state index in [1.807, 2.05) is 45.3 Å². The summed E-state index contributed by atoms with van der Waals surface area (Å²) >= 11 is 7.51. The van der Waals surface area contributed by atoms with E-state index < -0.39 is 0 Å². The van der Waals surface area contributed by atoms with Crippen LogP contribution in [0.4, 0.5) is 11.4 Å². The van der Waals surface area contributed by atoms with Gasteiger partial charge in [0, 0.05) is 103 Å². The van der Waals surface area contributed by atoms with Gasteiger partial charge < -0.3 is 4.81 Å². The summed E-state index contributed by atoms with van der Waals surface area (Å²) in [5, 5.41) is 10.6. The Morgan fingerprint density at radius 2 is 0.474 bits per heavy atom. The van der Waals surface area contributed by atoms with Crippen molar-refractivity contribution in [3.05, 3.63) is 243 Å². The van der Waals surface area contributed by atoms with Crippen LogP contribution in [0.1, 0.15) is 0 Å². The van der Waals surface area contributed by atoms with Crippen molar-refractivity contribution in [3.63, 3.8) is 0 Å². The van der Waals surface area contributed by atoms with Crippen molar-refractivity contribution >= 4 is 155 Å². The molecule has 0 amide bonds. The molecule has 6 heterocycles. The highest BCUT2D eigenvalue weighted by Gasteiger charge is 2.43. The van der Waals surface area contributed by atoms with Crippen molar-refractivity contribution < 1.29 is 0 Å². The second kappa shape index (κ2) is 16.5. The number of thiophene rings is 4. The predicted molar refractivity (Wildman–Crippen MR) is 344 cm³/mol. The van der Waals surface area contributed by atoms with Gasteiger partial charge in [-0.15, -0.1) is 45.3 Å². The van der Waals surface area contributed by atoms with E-state index in [0.717, 1.165) is 0 Å². The van der Waals surface area contributed by atoms with E-state index in [1.165, 1.54) is 170 Å². The van der Waals surface area contributed by atoms with Gasteiger partial charge in [-0.25, -0.2) is 0 Å². The first kappa shape index (κ1) is 43.5. The first-order valence-corrected chi connectivity index (χ1v) is 29.9. The molecule has 18 rings (SSSR count). The largest absolute Gasteiger partial charge is 0.376 e. The van der Waals surface area contributed by atoms with Crippen LogP contribution in [0.3, 0.4) is 0 Å². The van der Waals surface area contributed by atoms with Gasteiger partial charge >= 0.3 is 6.85 Å². The van der Waals surface area contributed by atoms with Crippen LogP contribution >= 0.6 is 45.3 Å². The number of anilines is 2. The highest BCUT2D eigenvalue weighted by Crippen LogP contribution is 2.51. The van der Waals surface area contributed by atoms with E-state index in [0.29, 0.717) is 0 Å². The molecule has 0 fully saturated rings. The second-order valence-electron chi connectivity index (χ2n) is 21.1. The van der Waals surface area contributed by atoms with Crippen LogP contribution in [0.15, 0.2) is 243 Å². The van der Waals surface area contributed by atoms with E-state index >= 15 is 0 Å². The highest BCUT2D eigenvalue weighted by atomic mass is 32.1. The Labute approximate surface area is 465 Å². The van der Waals surface area contributed by atoms with Crippen LogP contribution < -0.4 is 15.7 Å². The minimum absolute atomic E-state index is 0.0663. The van der Waals surface area contributed by atoms with Crippen LogP contribution in [0.2, 0.25) is 0 Å². The Hall–Kier alpha value is -8.62. The number of hydrogen-bond donors (Lipinski definition) is 0. The van der Waals surface area contributed by atoms with Gasteiger partial charge in [-0.3, -0.25) is 0 Å². The van der Waals surface area contributed by atoms with Crippen molar-refractivity contribution in [2.75, 3.05) is 4.81 Å². The van der Waals surface area contributed by atoms with Crippen molar-refractivity contribution in [1.82, 2.24) is 0 Å². The summed E-state index contributed by atoms with van der Waals surface area (Å²) in [6, 6.07) is 92.8. The fourth-order valence-electron chi connectivity index (χ4n) is 13.2. The summed E-state index contributed by atoms with van der Waals surface area (Å²) < 4.78 is 10.6. The Kier molecular flexibility index (Phi) is 9.17. The third-order valence-corrected chi connectivity index (χ3v) is 21.5. The maximum atomic E-state index is 2.67. The Bertz CT molecular complexity index is 4610. The molecule has 6 heteroatoms. The van der Waals surface area contributed by atoms with E-state index in [2.05, 4.69) is 247 Å². The molecule has 0 saturated carbocycles. The van der Waals surface area contributed by atoms with Crippen molar-refractivity contribution in [3.8, 4) is 66.8 Å². The molecule has 0 saturated heterocycles. The molecular weight excluding hydrogens is 1020 g/mol. The number of benzene rings is 12. The molecule has 0 bridgehead atoms. The quantitative estimate of drug-likeness (QED) is 0.159. The Morgan fingerprint density at radius 3 is 0.808 bits per heavy atom. The van der Waals surface area contributed by atoms with Gasteiger partial charge in [-0.2, -0.15) is 0 Å². The molecular formula is C72H40BNS4. The van der Waals surface area contributed by atoms with Gasteiger partial charge in [-0.05, 0) is 176 Å². The number of rotatable bonds is 4. The lowest BCUT2D eigenvalue weighted by Gasteiger charge is -2.44. The zero-order valence-electron chi connectivity index (χ0n) is 41.8. The summed E-state index contributed by atoms with van der Waals surface area (Å²) in [6.07, 6.45) is 0. The first-order chi connectivity index (χ1) is 38.6. The van der Waals surface area contributed by atoms with Crippen molar-refractivity contribution in [2.24, 2.45) is 0 Å². The Balaban J connectivity index is 0.863. The smallest absolute Gasteiger partial charge is 0.329 e. The fraction of sp³-hybridized carbons (Fsp3) is 0. The van der Waals surface area contributed by atoms with Gasteiger partial charge in [0.05, 0.1) is 0 Å². The highest BCUT2D eigenvalue weighted by molar-refractivity contribution is 7.27. The molecule has 0 aliphatic carbocycles. The van der Waals surface area contributed by atoms with Crippen molar-refractivity contribution in [2.45, 2.75) is 0 Å². The normalized spacial score (nSPS) is 12.8. The molecule has 1 nitrogen and oxygen atoms in total. The van der Waals surface area contributed by atoms with E-state index in [9.17, 15) is 0 Å². The lowest BCUT2D eigenvalue weighted by Crippen LogP contribution is -2.59. The summed E-state index contributed by atoms with van der Waals surface area (Å²) in [6.45, 7) is -0.0663. The maximum Gasteiger partial charge on any atom is 0.329 e. The number of hydrogen-bond acceptors (Lipinski definition) is 5. The number of fused-ring (bicyclic) bond motifs is 23. The molecule has 360 valence electrons. The molecule has 16 aromatic rings. The van der Waals surface area contributed by atoms with Gasteiger partial charge in [0.25, 0.3) is 0 Å². The minimum Gasteiger partial charge on any atom is -0.376 e. The zero-order chi connectivity index (χ0) is 50.7. The van der Waals surface area contributed by atoms with Gasteiger partial charge in [0.1, 0.15) is 0 Å². The van der Waals surface area contributed by atoms with Crippen LogP contribution in [0.5, 0.6) is 0 Å². The molecule has 0 N–H and O–H groups in total. The molecule has 78 heavy (non-hydrogen) atoms. The SMILES string of the molecule is c1ccc2c(c1)sc1ccc(-c3ccc4c(c3)-c3cc(-c5ccc6sc7ccccc7c6c5)ccc3N3B4c4ccc(-c5ccc6sc7ccccc7c6c5)cc4-c4cc(-c5ccc6sc7ccccc7c6c5)ccc43)cc12. The van der Waals surface area contributed by atoms with Crippen LogP contribution in [0, 0.1) is 0 Å². The standard InChI is InChI=1S/C72H40BNS4/c1-5-13-65-49(9-1)57-37-45(21-29-69(57)75-65)41-17-25-61-53(33-41)55-35-43(47-23-31-71-59(39-47)51-11-3-7-15-67(51)77-71)19-27-63(55)74-64-28-20-44(48-24-32-72-60(40-48)52-12-4-8-16-68(52)78-72)36-56(64)54-34-42(18-26-62(54)73(61)74)46-22-30-70-58(38-46)50-10-2-6-14-66(50)76-70/h1-40H. The average Bonchev–Trinajstić information content (AvgIpc) is 4.37. The molecule has 2 aliphatic heterocycles. The third kappa shape index (κ3) is 6.40. The maximum absolute atomic E-state index is 2.67. The average molecular weight is 1060 g/mol. The van der Waals surface area contributed by atoms with Gasteiger partial charge in [-0.1, -0.05) is 133 Å². The predicted octanol–water partition coefficient (Wildman–Crippen LogP) is 20.7. The molecule has 12 aromatic carbocycles. The summed E-state index contributed by atoms with van der Waals surface area (Å²) in [5.74, 6) is 0. The first-order valence-electron chi connectivity index (χ1n) is 26.6. The van der Waals surface area contributed by atoms with Gasteiger partial charge in [0.2, 0.25) is 0 Å². The van der Waals surface area contributed by atoms with Gasteiger partial charge in [0.15, 0.2) is 0 Å². The van der Waals surface area contributed by atoms with E-state index in [-0.39, 0.29) is 6.85 Å². The molecule has 2 aliphatic rings. The third-order valence-electron chi connectivity index (χ3n) is 16.9. The van der Waals surface area contributed by atoms with Crippen LogP contribution in [-0.2, 0) is 0 Å². The zero-order valence-corrected chi connectivity index (χ0v) is 45.0. The summed E-state index contributed by atoms with van der Waals surface area (Å²) in [7, 11) is 0. The summed E-state index contributed by atoms with van der Waals surface area (Å²) in [5.41, 5.74) is 20.0. The van der Waals surface area contributed by atoms with Crippen LogP contribution in [-0.4, -0.2) is 6.85 Å². The topological polar surface area (TPSA) is 3.24 Å². The second-order valence-corrected chi connectivity index (χ2v) is 25.4. The van der Waals surface area contributed by atoms with E-state index in [1.54, 1.807) is 0 Å². The molecule has 0 spiro atoms. The molecule has 0 radical (unpaired) electrons. The molecule has 0 unspecified atom stereocenters. The Morgan fingerprint density at radius 1 is 0.218 bits per heavy atom. The minimum atomic E-state index is -0.0663.